The van der Waals surface area contributed by atoms with Gasteiger partial charge >= 0.3 is 0 Å². The second kappa shape index (κ2) is 9.87. The second-order valence-corrected chi connectivity index (χ2v) is 4.49. The van der Waals surface area contributed by atoms with E-state index >= 15 is 0 Å². The molecule has 0 saturated heterocycles. The van der Waals surface area contributed by atoms with Gasteiger partial charge in [-0.25, -0.2) is 8.78 Å². The third-order valence-electron chi connectivity index (χ3n) is 2.81. The Morgan fingerprint density at radius 1 is 1.46 bits per heavy atom. The van der Waals surface area contributed by atoms with Crippen LogP contribution in [0.1, 0.15) is 28.2 Å². The minimum Gasteiger partial charge on any atom is -0.483 e. The smallest absolute Gasteiger partial charge is 0.290 e. The highest BCUT2D eigenvalue weighted by molar-refractivity contribution is 5.92. The molecule has 0 atom stereocenters. The van der Waals surface area contributed by atoms with Crippen LogP contribution >= 0.6 is 0 Å². The number of amides is 1. The molecule has 0 spiro atoms. The number of carbonyl (C=O) groups excluding carboxylic acids is 1. The van der Waals surface area contributed by atoms with Crippen molar-refractivity contribution in [2.75, 3.05) is 18.4 Å². The summed E-state index contributed by atoms with van der Waals surface area (Å²) in [6, 6.07) is 2.88. The number of nitrogens with zero attached hydrogens (tertiary/aromatic N) is 2. The van der Waals surface area contributed by atoms with E-state index in [9.17, 15) is 13.6 Å². The fourth-order valence-electron chi connectivity index (χ4n) is 1.70. The van der Waals surface area contributed by atoms with Crippen LogP contribution in [0.5, 0.6) is 0 Å². The van der Waals surface area contributed by atoms with Crippen molar-refractivity contribution in [3.63, 3.8) is 0 Å². The minimum absolute atomic E-state index is 0.0506. The Kier molecular flexibility index (Phi) is 7.82. The van der Waals surface area contributed by atoms with Crippen molar-refractivity contribution in [2.45, 2.75) is 13.3 Å². The molecule has 0 radical (unpaired) electrons. The lowest BCUT2D eigenvalue weighted by molar-refractivity contribution is -0.122. The predicted molar refractivity (Wildman–Crippen MR) is 82.0 cm³/mol. The van der Waals surface area contributed by atoms with Gasteiger partial charge in [-0.3, -0.25) is 19.7 Å². The van der Waals surface area contributed by atoms with E-state index in [2.05, 4.69) is 25.8 Å². The number of alkyl halides is 2. The number of nitrogens with one attached hydrogen (secondary N) is 3. The third-order valence-corrected chi connectivity index (χ3v) is 2.81. The number of carbonyl (C=O) groups is 2. The molecule has 0 saturated carbocycles. The number of aryl methyl sites for hydroxylation is 1. The molecule has 0 aliphatic rings. The molecule has 0 aromatic carbocycles. The maximum atomic E-state index is 12.4. The van der Waals surface area contributed by atoms with Crippen LogP contribution in [-0.2, 0) is 4.79 Å². The molecule has 0 aliphatic carbocycles. The largest absolute Gasteiger partial charge is 0.483 e. The lowest BCUT2D eigenvalue weighted by Crippen LogP contribution is -2.29. The summed E-state index contributed by atoms with van der Waals surface area (Å²) in [6.07, 6.45) is 0.732. The van der Waals surface area contributed by atoms with E-state index in [-0.39, 0.29) is 17.9 Å². The van der Waals surface area contributed by atoms with Crippen LogP contribution in [0.25, 0.3) is 0 Å². The number of halogens is 2. The topological polar surface area (TPSA) is 120 Å². The van der Waals surface area contributed by atoms with E-state index in [1.807, 2.05) is 13.0 Å². The van der Waals surface area contributed by atoms with Gasteiger partial charge < -0.3 is 15.7 Å². The SMILES string of the molecule is Cc1cnccc1NCCNC(=O)c1cc(C(F)F)[nH]n1.O=CO. The summed E-state index contributed by atoms with van der Waals surface area (Å²) in [5, 5.41) is 18.3. The summed E-state index contributed by atoms with van der Waals surface area (Å²) in [4.78, 5) is 24.0. The quantitative estimate of drug-likeness (QED) is 0.468. The Labute approximate surface area is 136 Å². The number of aromatic nitrogens is 3. The zero-order valence-corrected chi connectivity index (χ0v) is 12.8. The molecule has 8 nitrogen and oxygen atoms in total. The van der Waals surface area contributed by atoms with E-state index in [0.29, 0.717) is 13.1 Å². The number of anilines is 1. The highest BCUT2D eigenvalue weighted by Crippen LogP contribution is 2.16. The number of H-pyrrole nitrogens is 1. The number of rotatable bonds is 6. The van der Waals surface area contributed by atoms with Crippen LogP contribution in [0, 0.1) is 6.92 Å². The molecule has 1 amide bonds. The van der Waals surface area contributed by atoms with Crippen LogP contribution in [-0.4, -0.2) is 45.8 Å². The highest BCUT2D eigenvalue weighted by Gasteiger charge is 2.15. The lowest BCUT2D eigenvalue weighted by atomic mass is 10.2. The van der Waals surface area contributed by atoms with Crippen LogP contribution in [0.2, 0.25) is 0 Å². The maximum absolute atomic E-state index is 12.4. The molecule has 2 heterocycles. The highest BCUT2D eigenvalue weighted by atomic mass is 19.3. The minimum atomic E-state index is -2.67. The van der Waals surface area contributed by atoms with Crippen LogP contribution in [0.3, 0.4) is 0 Å². The first-order chi connectivity index (χ1) is 11.5. The fraction of sp³-hybridized carbons (Fsp3) is 0.286. The Balaban J connectivity index is 0.000000891. The number of aromatic amines is 1. The third kappa shape index (κ3) is 5.99. The normalized spacial score (nSPS) is 9.83. The van der Waals surface area contributed by atoms with Gasteiger partial charge in [-0.05, 0) is 24.6 Å². The first-order valence-electron chi connectivity index (χ1n) is 6.83. The maximum Gasteiger partial charge on any atom is 0.290 e. The first-order valence-corrected chi connectivity index (χ1v) is 6.83. The van der Waals surface area contributed by atoms with Crippen molar-refractivity contribution in [1.82, 2.24) is 20.5 Å². The lowest BCUT2D eigenvalue weighted by Gasteiger charge is -2.09. The molecular weight excluding hydrogens is 324 g/mol. The molecule has 130 valence electrons. The molecule has 0 aliphatic heterocycles. The van der Waals surface area contributed by atoms with E-state index in [0.717, 1.165) is 17.3 Å². The Morgan fingerprint density at radius 3 is 2.75 bits per heavy atom. The van der Waals surface area contributed by atoms with Gasteiger partial charge in [0.2, 0.25) is 0 Å². The van der Waals surface area contributed by atoms with Gasteiger partial charge in [-0.15, -0.1) is 0 Å². The molecule has 0 unspecified atom stereocenters. The van der Waals surface area contributed by atoms with Crippen molar-refractivity contribution < 1.29 is 23.5 Å². The molecule has 2 aromatic heterocycles. The van der Waals surface area contributed by atoms with E-state index in [4.69, 9.17) is 9.90 Å². The Morgan fingerprint density at radius 2 is 2.17 bits per heavy atom. The van der Waals surface area contributed by atoms with Crippen LogP contribution < -0.4 is 10.6 Å². The second-order valence-electron chi connectivity index (χ2n) is 4.49. The summed E-state index contributed by atoms with van der Waals surface area (Å²) in [5.74, 6) is -0.494. The molecule has 0 bridgehead atoms. The van der Waals surface area contributed by atoms with Gasteiger partial charge in [0.15, 0.2) is 0 Å². The summed E-state index contributed by atoms with van der Waals surface area (Å²) >= 11 is 0. The first kappa shape index (κ1) is 19.0. The molecule has 0 fully saturated rings. The molecule has 2 rings (SSSR count). The number of carboxylic acid groups (broad SMARTS) is 1. The molecule has 10 heteroatoms. The van der Waals surface area contributed by atoms with Crippen LogP contribution in [0.4, 0.5) is 14.5 Å². The van der Waals surface area contributed by atoms with Gasteiger partial charge in [-0.2, -0.15) is 5.10 Å². The summed E-state index contributed by atoms with van der Waals surface area (Å²) < 4.78 is 24.7. The van der Waals surface area contributed by atoms with E-state index in [1.54, 1.807) is 12.4 Å². The Hall–Kier alpha value is -3.04. The zero-order valence-electron chi connectivity index (χ0n) is 12.8. The van der Waals surface area contributed by atoms with Crippen molar-refractivity contribution in [3.05, 3.63) is 41.5 Å². The summed E-state index contributed by atoms with van der Waals surface area (Å²) in [7, 11) is 0. The van der Waals surface area contributed by atoms with Gasteiger partial charge in [0, 0.05) is 31.2 Å². The van der Waals surface area contributed by atoms with Gasteiger partial charge in [0.1, 0.15) is 11.4 Å². The van der Waals surface area contributed by atoms with Gasteiger partial charge in [0.05, 0.1) is 0 Å². The average Bonchev–Trinajstić information content (AvgIpc) is 3.04. The summed E-state index contributed by atoms with van der Waals surface area (Å²) in [6.45, 7) is 2.52. The standard InChI is InChI=1S/C13H15F2N5O.CH2O2/c1-8-7-16-3-2-9(8)17-4-5-18-13(21)11-6-10(12(14)15)19-20-11;2-1-3/h2-3,6-7,12H,4-5H2,1H3,(H,16,17)(H,18,21)(H,19,20);1H,(H,2,3). The van der Waals surface area contributed by atoms with Crippen molar-refractivity contribution in [2.24, 2.45) is 0 Å². The predicted octanol–water partition coefficient (Wildman–Crippen LogP) is 1.59. The number of pyridine rings is 1. The number of hydrogen-bond acceptors (Lipinski definition) is 5. The fourth-order valence-corrected chi connectivity index (χ4v) is 1.70. The van der Waals surface area contributed by atoms with Crippen molar-refractivity contribution in [1.29, 1.82) is 0 Å². The molecule has 24 heavy (non-hydrogen) atoms. The average molecular weight is 341 g/mol. The van der Waals surface area contributed by atoms with E-state index < -0.39 is 12.3 Å². The Bertz CT molecular complexity index is 663. The number of hydrogen-bond donors (Lipinski definition) is 4. The van der Waals surface area contributed by atoms with Crippen molar-refractivity contribution >= 4 is 18.1 Å². The van der Waals surface area contributed by atoms with E-state index in [1.165, 1.54) is 0 Å². The molecule has 4 N–H and O–H groups in total. The molecule has 2 aromatic rings. The van der Waals surface area contributed by atoms with Crippen molar-refractivity contribution in [3.8, 4) is 0 Å². The summed E-state index contributed by atoms with van der Waals surface area (Å²) in [5.41, 5.74) is 1.51. The molecular formula is C14H17F2N5O3. The monoisotopic (exact) mass is 341 g/mol. The van der Waals surface area contributed by atoms with Gasteiger partial charge in [-0.1, -0.05) is 0 Å². The van der Waals surface area contributed by atoms with Crippen LogP contribution in [0.15, 0.2) is 24.5 Å². The zero-order chi connectivity index (χ0) is 17.9. The van der Waals surface area contributed by atoms with Gasteiger partial charge in [0.25, 0.3) is 18.8 Å².